The second-order valence-electron chi connectivity index (χ2n) is 7.26. The van der Waals surface area contributed by atoms with Crippen molar-refractivity contribution in [2.75, 3.05) is 4.90 Å². The lowest BCUT2D eigenvalue weighted by Gasteiger charge is -2.29. The number of hydrogen-bond donors (Lipinski definition) is 1. The van der Waals surface area contributed by atoms with Crippen molar-refractivity contribution in [1.82, 2.24) is 5.32 Å². The van der Waals surface area contributed by atoms with Crippen molar-refractivity contribution < 1.29 is 14.3 Å². The summed E-state index contributed by atoms with van der Waals surface area (Å²) >= 11 is 25.4. The van der Waals surface area contributed by atoms with E-state index in [4.69, 9.17) is 40.2 Å². The summed E-state index contributed by atoms with van der Waals surface area (Å²) in [6.07, 6.45) is 1.52. The molecular formula is C24H13BrCl2I2N2O3S. The fraction of sp³-hybridized carbons (Fsp3) is 0.0417. The molecule has 4 rings (SSSR count). The average Bonchev–Trinajstić information content (AvgIpc) is 2.80. The Hall–Kier alpha value is -1.25. The summed E-state index contributed by atoms with van der Waals surface area (Å²) in [6, 6.07) is 16.4. The average molecular weight is 814 g/mol. The van der Waals surface area contributed by atoms with Crippen molar-refractivity contribution in [2.45, 2.75) is 6.61 Å². The van der Waals surface area contributed by atoms with Gasteiger partial charge in [-0.3, -0.25) is 19.8 Å². The molecule has 1 aliphatic heterocycles. The number of nitrogens with one attached hydrogen (secondary N) is 1. The molecule has 1 fully saturated rings. The predicted molar refractivity (Wildman–Crippen MR) is 163 cm³/mol. The van der Waals surface area contributed by atoms with Gasteiger partial charge in [0.05, 0.1) is 22.9 Å². The van der Waals surface area contributed by atoms with Crippen LogP contribution in [0.1, 0.15) is 11.1 Å². The van der Waals surface area contributed by atoms with Crippen LogP contribution in [0.3, 0.4) is 0 Å². The van der Waals surface area contributed by atoms with Gasteiger partial charge in [0.15, 0.2) is 5.11 Å². The number of carbonyl (C=O) groups is 2. The molecule has 5 nitrogen and oxygen atoms in total. The summed E-state index contributed by atoms with van der Waals surface area (Å²) in [4.78, 5) is 27.1. The van der Waals surface area contributed by atoms with Gasteiger partial charge < -0.3 is 4.74 Å². The summed E-state index contributed by atoms with van der Waals surface area (Å²) in [5.41, 5.74) is 1.91. The van der Waals surface area contributed by atoms with Gasteiger partial charge in [-0.05, 0) is 111 Å². The first-order chi connectivity index (χ1) is 16.7. The molecule has 0 unspecified atom stereocenters. The molecule has 11 heteroatoms. The molecule has 0 bridgehead atoms. The van der Waals surface area contributed by atoms with Gasteiger partial charge in [0.2, 0.25) is 0 Å². The van der Waals surface area contributed by atoms with Gasteiger partial charge in [0.25, 0.3) is 11.8 Å². The number of amides is 2. The number of halogens is 5. The molecule has 178 valence electrons. The van der Waals surface area contributed by atoms with Crippen LogP contribution in [0, 0.1) is 7.14 Å². The Balaban J connectivity index is 1.63. The molecule has 0 spiro atoms. The summed E-state index contributed by atoms with van der Waals surface area (Å²) in [5, 5.41) is 2.92. The molecule has 0 atom stereocenters. The minimum absolute atomic E-state index is 0.0674. The smallest absolute Gasteiger partial charge is 0.270 e. The predicted octanol–water partition coefficient (Wildman–Crippen LogP) is 7.38. The maximum Gasteiger partial charge on any atom is 0.270 e. The standard InChI is InChI=1S/C24H13BrCl2I2N2O3S/c25-14-6-4-12(5-7-14)11-34-21-17(28)9-13(10-18(21)29)8-15-22(32)30-24(35)31(23(15)33)19-3-1-2-16(26)20(19)27/h1-10H,11H2,(H,30,32,35)/b15-8+. The van der Waals surface area contributed by atoms with E-state index in [0.29, 0.717) is 17.9 Å². The van der Waals surface area contributed by atoms with E-state index >= 15 is 0 Å². The topological polar surface area (TPSA) is 58.6 Å². The number of thiocarbonyl (C=S) groups is 1. The van der Waals surface area contributed by atoms with Crippen LogP contribution in [0.25, 0.3) is 6.08 Å². The molecule has 3 aromatic carbocycles. The third-order valence-electron chi connectivity index (χ3n) is 4.90. The molecule has 0 aliphatic carbocycles. The zero-order valence-electron chi connectivity index (χ0n) is 17.5. The Labute approximate surface area is 252 Å². The minimum Gasteiger partial charge on any atom is -0.487 e. The molecule has 1 saturated heterocycles. The normalized spacial score (nSPS) is 14.9. The number of carbonyl (C=O) groups excluding carboxylic acids is 2. The number of rotatable bonds is 5. The molecule has 35 heavy (non-hydrogen) atoms. The summed E-state index contributed by atoms with van der Waals surface area (Å²) in [5.74, 6) is -0.456. The number of nitrogens with zero attached hydrogens (tertiary/aromatic N) is 1. The number of ether oxygens (including phenoxy) is 1. The SMILES string of the molecule is O=C1NC(=S)N(c2cccc(Cl)c2Cl)C(=O)/C1=C/c1cc(I)c(OCc2ccc(Br)cc2)c(I)c1. The van der Waals surface area contributed by atoms with E-state index in [9.17, 15) is 9.59 Å². The summed E-state index contributed by atoms with van der Waals surface area (Å²) in [6.45, 7) is 0.410. The molecule has 0 aromatic heterocycles. The van der Waals surface area contributed by atoms with Gasteiger partial charge >= 0.3 is 0 Å². The van der Waals surface area contributed by atoms with Gasteiger partial charge in [0, 0.05) is 4.47 Å². The lowest BCUT2D eigenvalue weighted by Crippen LogP contribution is -2.54. The Morgan fingerprint density at radius 2 is 1.71 bits per heavy atom. The highest BCUT2D eigenvalue weighted by atomic mass is 127. The molecule has 0 radical (unpaired) electrons. The highest BCUT2D eigenvalue weighted by Gasteiger charge is 2.35. The lowest BCUT2D eigenvalue weighted by molar-refractivity contribution is -0.122. The zero-order chi connectivity index (χ0) is 25.3. The van der Waals surface area contributed by atoms with E-state index in [0.717, 1.165) is 22.9 Å². The largest absolute Gasteiger partial charge is 0.487 e. The van der Waals surface area contributed by atoms with E-state index in [1.165, 1.54) is 11.0 Å². The van der Waals surface area contributed by atoms with Crippen LogP contribution in [0.5, 0.6) is 5.75 Å². The van der Waals surface area contributed by atoms with E-state index in [-0.39, 0.29) is 20.7 Å². The van der Waals surface area contributed by atoms with Crippen LogP contribution in [0.15, 0.2) is 64.6 Å². The van der Waals surface area contributed by atoms with E-state index < -0.39 is 11.8 Å². The van der Waals surface area contributed by atoms with Gasteiger partial charge in [-0.15, -0.1) is 0 Å². The van der Waals surface area contributed by atoms with Crippen LogP contribution in [0.4, 0.5) is 5.69 Å². The molecule has 1 heterocycles. The lowest BCUT2D eigenvalue weighted by atomic mass is 10.1. The van der Waals surface area contributed by atoms with E-state index in [2.05, 4.69) is 66.4 Å². The summed E-state index contributed by atoms with van der Waals surface area (Å²) < 4.78 is 8.73. The van der Waals surface area contributed by atoms with Crippen molar-refractivity contribution >= 4 is 125 Å². The van der Waals surface area contributed by atoms with Crippen LogP contribution in [-0.2, 0) is 16.2 Å². The highest BCUT2D eigenvalue weighted by molar-refractivity contribution is 14.1. The van der Waals surface area contributed by atoms with Crippen molar-refractivity contribution in [3.05, 3.63) is 93.0 Å². The number of anilines is 1. The number of hydrogen-bond acceptors (Lipinski definition) is 4. The fourth-order valence-electron chi connectivity index (χ4n) is 3.24. The van der Waals surface area contributed by atoms with Crippen molar-refractivity contribution in [3.63, 3.8) is 0 Å². The third kappa shape index (κ3) is 6.02. The molecule has 0 saturated carbocycles. The van der Waals surface area contributed by atoms with Crippen molar-refractivity contribution in [1.29, 1.82) is 0 Å². The van der Waals surface area contributed by atoms with Crippen molar-refractivity contribution in [2.24, 2.45) is 0 Å². The van der Waals surface area contributed by atoms with Gasteiger partial charge in [-0.2, -0.15) is 0 Å². The Morgan fingerprint density at radius 3 is 2.37 bits per heavy atom. The maximum absolute atomic E-state index is 13.3. The summed E-state index contributed by atoms with van der Waals surface area (Å²) in [7, 11) is 0. The Morgan fingerprint density at radius 1 is 1.06 bits per heavy atom. The first kappa shape index (κ1) is 26.8. The van der Waals surface area contributed by atoms with Gasteiger partial charge in [-0.25, -0.2) is 0 Å². The maximum atomic E-state index is 13.3. The number of benzene rings is 3. The van der Waals surface area contributed by atoms with Crippen molar-refractivity contribution in [3.8, 4) is 5.75 Å². The molecule has 2 amide bonds. The third-order valence-corrected chi connectivity index (χ3v) is 8.13. The zero-order valence-corrected chi connectivity index (χ0v) is 25.7. The van der Waals surface area contributed by atoms with Gasteiger partial charge in [0.1, 0.15) is 17.9 Å². The van der Waals surface area contributed by atoms with Crippen LogP contribution in [-0.4, -0.2) is 16.9 Å². The second kappa shape index (κ2) is 11.4. The molecular weight excluding hydrogens is 801 g/mol. The fourth-order valence-corrected chi connectivity index (χ4v) is 6.29. The molecule has 1 N–H and O–H groups in total. The molecule has 3 aromatic rings. The van der Waals surface area contributed by atoms with Gasteiger partial charge in [-0.1, -0.05) is 57.3 Å². The van der Waals surface area contributed by atoms with E-state index in [1.807, 2.05) is 36.4 Å². The van der Waals surface area contributed by atoms with Crippen LogP contribution in [0.2, 0.25) is 10.0 Å². The first-order valence-corrected chi connectivity index (χ1v) is 14.0. The Bertz CT molecular complexity index is 1380. The highest BCUT2D eigenvalue weighted by Crippen LogP contribution is 2.35. The quantitative estimate of drug-likeness (QED) is 0.127. The molecule has 1 aliphatic rings. The Kier molecular flexibility index (Phi) is 8.75. The van der Waals surface area contributed by atoms with Crippen LogP contribution >= 0.6 is 96.5 Å². The minimum atomic E-state index is -0.594. The van der Waals surface area contributed by atoms with Crippen LogP contribution < -0.4 is 15.0 Å². The monoisotopic (exact) mass is 812 g/mol. The van der Waals surface area contributed by atoms with E-state index in [1.54, 1.807) is 18.2 Å². The first-order valence-electron chi connectivity index (χ1n) is 9.87. The second-order valence-corrected chi connectivity index (χ2v) is 11.7.